The van der Waals surface area contributed by atoms with E-state index in [0.29, 0.717) is 0 Å². The molecule has 132 valence electrons. The minimum absolute atomic E-state index is 0.0765. The van der Waals surface area contributed by atoms with E-state index in [1.165, 1.54) is 37.7 Å². The van der Waals surface area contributed by atoms with Crippen molar-refractivity contribution in [1.82, 2.24) is 15.5 Å². The highest BCUT2D eigenvalue weighted by atomic mass is 16.1. The first kappa shape index (κ1) is 17.4. The van der Waals surface area contributed by atoms with Crippen LogP contribution in [0.25, 0.3) is 0 Å². The molecule has 0 spiro atoms. The summed E-state index contributed by atoms with van der Waals surface area (Å²) in [6.45, 7) is 9.18. The number of aryl methyl sites for hydroxylation is 2. The molecule has 1 aromatic rings. The second-order valence-corrected chi connectivity index (χ2v) is 7.52. The quantitative estimate of drug-likeness (QED) is 0.892. The van der Waals surface area contributed by atoms with Gasteiger partial charge in [0, 0.05) is 43.8 Å². The van der Waals surface area contributed by atoms with Gasteiger partial charge in [0.15, 0.2) is 0 Å². The van der Waals surface area contributed by atoms with Crippen LogP contribution in [-0.4, -0.2) is 49.1 Å². The fourth-order valence-corrected chi connectivity index (χ4v) is 4.36. The van der Waals surface area contributed by atoms with Gasteiger partial charge in [-0.2, -0.15) is 0 Å². The topological polar surface area (TPSA) is 44.4 Å². The van der Waals surface area contributed by atoms with Crippen molar-refractivity contribution in [2.75, 3.05) is 32.7 Å². The minimum Gasteiger partial charge on any atom is -0.350 e. The lowest BCUT2D eigenvalue weighted by atomic mass is 9.79. The highest BCUT2D eigenvalue weighted by Crippen LogP contribution is 2.33. The molecule has 0 unspecified atom stereocenters. The smallest absolute Gasteiger partial charge is 0.251 e. The lowest BCUT2D eigenvalue weighted by Gasteiger charge is -2.48. The average molecular weight is 329 g/mol. The molecule has 4 heteroatoms. The molecule has 0 aromatic heterocycles. The fraction of sp³-hybridized carbons (Fsp3) is 0.650. The Balaban J connectivity index is 1.69. The van der Waals surface area contributed by atoms with Gasteiger partial charge in [0.05, 0.1) is 0 Å². The predicted octanol–water partition coefficient (Wildman–Crippen LogP) is 2.64. The molecule has 1 amide bonds. The van der Waals surface area contributed by atoms with Crippen LogP contribution in [-0.2, 0) is 0 Å². The largest absolute Gasteiger partial charge is 0.350 e. The number of carbonyl (C=O) groups excluding carboxylic acids is 1. The van der Waals surface area contributed by atoms with Crippen molar-refractivity contribution in [2.45, 2.75) is 51.5 Å². The SMILES string of the molecule is Cc1ccc(C(=O)NCC2(N3CCNCC3)CCCCC2)c(C)c1. The predicted molar refractivity (Wildman–Crippen MR) is 98.5 cm³/mol. The van der Waals surface area contributed by atoms with Crippen LogP contribution in [0.2, 0.25) is 0 Å². The maximum atomic E-state index is 12.7. The van der Waals surface area contributed by atoms with Crippen LogP contribution < -0.4 is 10.6 Å². The molecule has 4 nitrogen and oxygen atoms in total. The normalized spacial score (nSPS) is 21.4. The molecule has 2 fully saturated rings. The summed E-state index contributed by atoms with van der Waals surface area (Å²) >= 11 is 0. The Hall–Kier alpha value is -1.39. The molecule has 0 atom stereocenters. The highest BCUT2D eigenvalue weighted by molar-refractivity contribution is 5.95. The molecule has 1 aromatic carbocycles. The van der Waals surface area contributed by atoms with E-state index in [9.17, 15) is 4.79 Å². The molecule has 1 aliphatic heterocycles. The third-order valence-electron chi connectivity index (χ3n) is 5.78. The van der Waals surface area contributed by atoms with Crippen LogP contribution in [0.15, 0.2) is 18.2 Å². The summed E-state index contributed by atoms with van der Waals surface area (Å²) in [5.41, 5.74) is 3.24. The molecule has 2 aliphatic rings. The second-order valence-electron chi connectivity index (χ2n) is 7.52. The Morgan fingerprint density at radius 3 is 2.54 bits per heavy atom. The lowest BCUT2D eigenvalue weighted by Crippen LogP contribution is -2.61. The van der Waals surface area contributed by atoms with Gasteiger partial charge in [-0.15, -0.1) is 0 Å². The van der Waals surface area contributed by atoms with Gasteiger partial charge < -0.3 is 10.6 Å². The summed E-state index contributed by atoms with van der Waals surface area (Å²) in [6.07, 6.45) is 6.31. The zero-order valence-corrected chi connectivity index (χ0v) is 15.2. The Bertz CT molecular complexity index is 572. The van der Waals surface area contributed by atoms with Crippen molar-refractivity contribution >= 4 is 5.91 Å². The first-order valence-corrected chi connectivity index (χ1v) is 9.42. The van der Waals surface area contributed by atoms with Crippen molar-refractivity contribution in [3.8, 4) is 0 Å². The number of hydrogen-bond donors (Lipinski definition) is 2. The van der Waals surface area contributed by atoms with Gasteiger partial charge in [0.1, 0.15) is 0 Å². The van der Waals surface area contributed by atoms with Crippen molar-refractivity contribution in [2.24, 2.45) is 0 Å². The number of nitrogens with zero attached hydrogens (tertiary/aromatic N) is 1. The van der Waals surface area contributed by atoms with Crippen LogP contribution in [0.5, 0.6) is 0 Å². The standard InChI is InChI=1S/C20H31N3O/c1-16-6-7-18(17(2)14-16)19(24)22-15-20(8-4-3-5-9-20)23-12-10-21-11-13-23/h6-7,14,21H,3-5,8-13,15H2,1-2H3,(H,22,24). The van der Waals surface area contributed by atoms with Gasteiger partial charge in [0.25, 0.3) is 5.91 Å². The third-order valence-corrected chi connectivity index (χ3v) is 5.78. The fourth-order valence-electron chi connectivity index (χ4n) is 4.36. The summed E-state index contributed by atoms with van der Waals surface area (Å²) in [5.74, 6) is 0.0765. The highest BCUT2D eigenvalue weighted by Gasteiger charge is 2.38. The van der Waals surface area contributed by atoms with Gasteiger partial charge >= 0.3 is 0 Å². The van der Waals surface area contributed by atoms with Crippen molar-refractivity contribution < 1.29 is 4.79 Å². The number of piperazine rings is 1. The van der Waals surface area contributed by atoms with E-state index in [1.807, 2.05) is 19.1 Å². The molecule has 0 bridgehead atoms. The van der Waals surface area contributed by atoms with Gasteiger partial charge in [0.2, 0.25) is 0 Å². The Morgan fingerprint density at radius 1 is 1.17 bits per heavy atom. The molecular weight excluding hydrogens is 298 g/mol. The Morgan fingerprint density at radius 2 is 1.88 bits per heavy atom. The molecule has 1 heterocycles. The molecule has 1 aliphatic carbocycles. The van der Waals surface area contributed by atoms with Crippen LogP contribution >= 0.6 is 0 Å². The number of hydrogen-bond acceptors (Lipinski definition) is 3. The maximum absolute atomic E-state index is 12.7. The zero-order valence-electron chi connectivity index (χ0n) is 15.2. The van der Waals surface area contributed by atoms with E-state index in [1.54, 1.807) is 0 Å². The summed E-state index contributed by atoms with van der Waals surface area (Å²) in [5, 5.41) is 6.71. The third kappa shape index (κ3) is 3.81. The first-order chi connectivity index (χ1) is 11.6. The van der Waals surface area contributed by atoms with Crippen molar-refractivity contribution in [3.05, 3.63) is 34.9 Å². The van der Waals surface area contributed by atoms with E-state index in [0.717, 1.165) is 43.9 Å². The number of nitrogens with one attached hydrogen (secondary N) is 2. The number of amides is 1. The zero-order chi connectivity index (χ0) is 17.0. The second kappa shape index (κ2) is 7.66. The Kier molecular flexibility index (Phi) is 5.57. The van der Waals surface area contributed by atoms with E-state index in [-0.39, 0.29) is 11.4 Å². The van der Waals surface area contributed by atoms with Crippen molar-refractivity contribution in [3.63, 3.8) is 0 Å². The summed E-state index contributed by atoms with van der Waals surface area (Å²) < 4.78 is 0. The maximum Gasteiger partial charge on any atom is 0.251 e. The van der Waals surface area contributed by atoms with Gasteiger partial charge in [-0.25, -0.2) is 0 Å². The molecule has 0 radical (unpaired) electrons. The first-order valence-electron chi connectivity index (χ1n) is 9.42. The van der Waals surface area contributed by atoms with E-state index in [4.69, 9.17) is 0 Å². The monoisotopic (exact) mass is 329 g/mol. The van der Waals surface area contributed by atoms with E-state index >= 15 is 0 Å². The summed E-state index contributed by atoms with van der Waals surface area (Å²) in [7, 11) is 0. The van der Waals surface area contributed by atoms with Gasteiger partial charge in [-0.1, -0.05) is 37.0 Å². The van der Waals surface area contributed by atoms with Gasteiger partial charge in [-0.05, 0) is 38.3 Å². The molecular formula is C20H31N3O. The summed E-state index contributed by atoms with van der Waals surface area (Å²) in [4.78, 5) is 15.3. The average Bonchev–Trinajstić information content (AvgIpc) is 2.61. The minimum atomic E-state index is 0.0765. The molecule has 24 heavy (non-hydrogen) atoms. The summed E-state index contributed by atoms with van der Waals surface area (Å²) in [6, 6.07) is 6.06. The van der Waals surface area contributed by atoms with Gasteiger partial charge in [-0.3, -0.25) is 9.69 Å². The number of carbonyl (C=O) groups is 1. The van der Waals surface area contributed by atoms with E-state index in [2.05, 4.69) is 28.5 Å². The molecule has 1 saturated heterocycles. The van der Waals surface area contributed by atoms with Crippen LogP contribution in [0.3, 0.4) is 0 Å². The number of benzene rings is 1. The lowest BCUT2D eigenvalue weighted by molar-refractivity contribution is 0.0379. The number of rotatable bonds is 4. The molecule has 2 N–H and O–H groups in total. The van der Waals surface area contributed by atoms with E-state index < -0.39 is 0 Å². The van der Waals surface area contributed by atoms with Crippen molar-refractivity contribution in [1.29, 1.82) is 0 Å². The van der Waals surface area contributed by atoms with Crippen LogP contribution in [0.1, 0.15) is 53.6 Å². The molecule has 3 rings (SSSR count). The van der Waals surface area contributed by atoms with Crippen LogP contribution in [0, 0.1) is 13.8 Å². The van der Waals surface area contributed by atoms with Crippen LogP contribution in [0.4, 0.5) is 0 Å². The Labute approximate surface area is 146 Å². The molecule has 1 saturated carbocycles.